The van der Waals surface area contributed by atoms with Gasteiger partial charge in [-0.1, -0.05) is 26.0 Å². The Hall–Kier alpha value is -2.07. The minimum Gasteiger partial charge on any atom is -0.341 e. The number of hydrogen-bond donors (Lipinski definition) is 0. The summed E-state index contributed by atoms with van der Waals surface area (Å²) in [5.41, 5.74) is 4.85. The molecule has 2 nitrogen and oxygen atoms in total. The van der Waals surface area contributed by atoms with Gasteiger partial charge in [-0.2, -0.15) is 0 Å². The summed E-state index contributed by atoms with van der Waals surface area (Å²) in [6.45, 7) is 5.59. The van der Waals surface area contributed by atoms with Crippen LogP contribution in [0, 0.1) is 11.2 Å². The molecular weight excluding hydrogens is 319 g/mol. The number of pyridine rings is 1. The average Bonchev–Trinajstić information content (AvgIpc) is 2.93. The Morgan fingerprint density at radius 2 is 1.75 bits per heavy atom. The van der Waals surface area contributed by atoms with Crippen LogP contribution in [-0.4, -0.2) is 15.3 Å². The van der Waals surface area contributed by atoms with E-state index in [1.807, 2.05) is 48.4 Å². The smallest absolute Gasteiger partial charge is 0.123 e. The molecule has 0 saturated carbocycles. The molecule has 0 fully saturated rings. The third kappa shape index (κ3) is 2.75. The number of rotatable bonds is 2. The maximum Gasteiger partial charge on any atom is 0.123 e. The van der Waals surface area contributed by atoms with E-state index < -0.39 is 0 Å². The SMILES string of the molecule is CC1(C)CSc2c(-c3ccncc3)c(-c3ccc(F)cc3)cn2C1. The topological polar surface area (TPSA) is 17.8 Å². The van der Waals surface area contributed by atoms with Crippen molar-refractivity contribution in [3.05, 3.63) is 60.8 Å². The molecule has 4 rings (SSSR count). The first-order valence-electron chi connectivity index (χ1n) is 8.06. The highest BCUT2D eigenvalue weighted by molar-refractivity contribution is 7.99. The number of benzene rings is 1. The Morgan fingerprint density at radius 1 is 1.04 bits per heavy atom. The van der Waals surface area contributed by atoms with Crippen molar-refractivity contribution < 1.29 is 4.39 Å². The summed E-state index contributed by atoms with van der Waals surface area (Å²) < 4.78 is 15.7. The minimum absolute atomic E-state index is 0.205. The molecule has 0 bridgehead atoms. The summed E-state index contributed by atoms with van der Waals surface area (Å²) in [6.07, 6.45) is 5.86. The predicted octanol–water partition coefficient (Wildman–Crippen LogP) is 5.49. The Morgan fingerprint density at radius 3 is 2.46 bits per heavy atom. The summed E-state index contributed by atoms with van der Waals surface area (Å²) in [5.74, 6) is 0.890. The van der Waals surface area contributed by atoms with Gasteiger partial charge in [-0.3, -0.25) is 4.98 Å². The quantitative estimate of drug-likeness (QED) is 0.615. The number of nitrogens with zero attached hydrogens (tertiary/aromatic N) is 2. The molecule has 0 radical (unpaired) electrons. The van der Waals surface area contributed by atoms with Crippen LogP contribution in [0.2, 0.25) is 0 Å². The third-order valence-electron chi connectivity index (χ3n) is 4.35. The number of hydrogen-bond acceptors (Lipinski definition) is 2. The lowest BCUT2D eigenvalue weighted by Crippen LogP contribution is -2.26. The van der Waals surface area contributed by atoms with E-state index in [0.29, 0.717) is 0 Å². The highest BCUT2D eigenvalue weighted by Crippen LogP contribution is 2.46. The summed E-state index contributed by atoms with van der Waals surface area (Å²) in [6, 6.07) is 10.9. The fourth-order valence-corrected chi connectivity index (χ4v) is 4.50. The van der Waals surface area contributed by atoms with Crippen molar-refractivity contribution >= 4 is 11.8 Å². The van der Waals surface area contributed by atoms with Crippen molar-refractivity contribution in [1.82, 2.24) is 9.55 Å². The number of fused-ring (bicyclic) bond motifs is 1. The first-order chi connectivity index (χ1) is 11.5. The Kier molecular flexibility index (Phi) is 3.72. The van der Waals surface area contributed by atoms with Crippen LogP contribution in [0.3, 0.4) is 0 Å². The monoisotopic (exact) mass is 338 g/mol. The molecule has 0 N–H and O–H groups in total. The number of aromatic nitrogens is 2. The van der Waals surface area contributed by atoms with Crippen LogP contribution in [-0.2, 0) is 6.54 Å². The molecule has 1 aromatic carbocycles. The second-order valence-corrected chi connectivity index (χ2v) is 8.01. The van der Waals surface area contributed by atoms with Gasteiger partial charge in [-0.05, 0) is 40.8 Å². The van der Waals surface area contributed by atoms with Crippen molar-refractivity contribution in [2.45, 2.75) is 25.4 Å². The molecule has 0 aliphatic carbocycles. The van der Waals surface area contributed by atoms with Crippen molar-refractivity contribution in [2.24, 2.45) is 5.41 Å². The van der Waals surface area contributed by atoms with Crippen LogP contribution in [0.4, 0.5) is 4.39 Å². The molecule has 0 atom stereocenters. The van der Waals surface area contributed by atoms with Gasteiger partial charge in [0.05, 0.1) is 5.03 Å². The van der Waals surface area contributed by atoms with E-state index in [2.05, 4.69) is 29.6 Å². The Bertz CT molecular complexity index is 867. The lowest BCUT2D eigenvalue weighted by Gasteiger charge is -2.31. The minimum atomic E-state index is -0.205. The molecule has 0 spiro atoms. The van der Waals surface area contributed by atoms with E-state index >= 15 is 0 Å². The molecule has 0 saturated heterocycles. The summed E-state index contributed by atoms with van der Waals surface area (Å²) >= 11 is 1.90. The van der Waals surface area contributed by atoms with Crippen LogP contribution in [0.25, 0.3) is 22.3 Å². The molecule has 1 aliphatic heterocycles. The van der Waals surface area contributed by atoms with Crippen LogP contribution < -0.4 is 0 Å². The van der Waals surface area contributed by atoms with E-state index in [1.54, 1.807) is 0 Å². The molecule has 122 valence electrons. The van der Waals surface area contributed by atoms with E-state index in [0.717, 1.165) is 29.0 Å². The van der Waals surface area contributed by atoms with Crippen molar-refractivity contribution in [3.8, 4) is 22.3 Å². The second kappa shape index (κ2) is 5.78. The van der Waals surface area contributed by atoms with Gasteiger partial charge in [-0.25, -0.2) is 4.39 Å². The van der Waals surface area contributed by atoms with Crippen LogP contribution in [0.5, 0.6) is 0 Å². The van der Waals surface area contributed by atoms with E-state index in [-0.39, 0.29) is 11.2 Å². The molecule has 0 unspecified atom stereocenters. The van der Waals surface area contributed by atoms with Gasteiger partial charge in [0.15, 0.2) is 0 Å². The van der Waals surface area contributed by atoms with Gasteiger partial charge in [0.25, 0.3) is 0 Å². The molecule has 0 amide bonds. The van der Waals surface area contributed by atoms with Gasteiger partial charge < -0.3 is 4.57 Å². The fourth-order valence-electron chi connectivity index (χ4n) is 3.23. The van der Waals surface area contributed by atoms with Crippen molar-refractivity contribution in [1.29, 1.82) is 0 Å². The molecule has 24 heavy (non-hydrogen) atoms. The standard InChI is InChI=1S/C20H19FN2S/c1-20(2)12-23-11-17(14-3-5-16(21)6-4-14)18(19(23)24-13-20)15-7-9-22-10-8-15/h3-11H,12-13H2,1-2H3. The molecular formula is C20H19FN2S. The van der Waals surface area contributed by atoms with Gasteiger partial charge in [0, 0.05) is 42.0 Å². The molecule has 4 heteroatoms. The van der Waals surface area contributed by atoms with Gasteiger partial charge in [0.1, 0.15) is 5.82 Å². The summed E-state index contributed by atoms with van der Waals surface area (Å²) in [7, 11) is 0. The van der Waals surface area contributed by atoms with E-state index in [9.17, 15) is 4.39 Å². The summed E-state index contributed by atoms with van der Waals surface area (Å²) in [4.78, 5) is 4.14. The first kappa shape index (κ1) is 15.5. The van der Waals surface area contributed by atoms with Gasteiger partial charge in [0.2, 0.25) is 0 Å². The third-order valence-corrected chi connectivity index (χ3v) is 5.99. The van der Waals surface area contributed by atoms with E-state index in [1.165, 1.54) is 22.7 Å². The van der Waals surface area contributed by atoms with Crippen LogP contribution in [0.15, 0.2) is 60.0 Å². The highest BCUT2D eigenvalue weighted by Gasteiger charge is 2.29. The summed E-state index contributed by atoms with van der Waals surface area (Å²) in [5, 5.41) is 1.29. The normalized spacial score (nSPS) is 16.0. The second-order valence-electron chi connectivity index (χ2n) is 7.05. The highest BCUT2D eigenvalue weighted by atomic mass is 32.2. The molecule has 1 aliphatic rings. The number of halogens is 1. The maximum absolute atomic E-state index is 13.3. The first-order valence-corrected chi connectivity index (χ1v) is 9.04. The van der Waals surface area contributed by atoms with Crippen molar-refractivity contribution in [3.63, 3.8) is 0 Å². The largest absolute Gasteiger partial charge is 0.341 e. The Labute approximate surface area is 145 Å². The fraction of sp³-hybridized carbons (Fsp3) is 0.250. The van der Waals surface area contributed by atoms with Crippen molar-refractivity contribution in [2.75, 3.05) is 5.75 Å². The molecule has 3 heterocycles. The van der Waals surface area contributed by atoms with Crippen LogP contribution in [0.1, 0.15) is 13.8 Å². The molecule has 3 aromatic rings. The van der Waals surface area contributed by atoms with E-state index in [4.69, 9.17) is 0 Å². The lowest BCUT2D eigenvalue weighted by atomic mass is 9.96. The predicted molar refractivity (Wildman–Crippen MR) is 97.6 cm³/mol. The average molecular weight is 338 g/mol. The molecule has 2 aromatic heterocycles. The van der Waals surface area contributed by atoms with Gasteiger partial charge in [-0.15, -0.1) is 11.8 Å². The Balaban J connectivity index is 1.93. The van der Waals surface area contributed by atoms with Crippen LogP contribution >= 0.6 is 11.8 Å². The van der Waals surface area contributed by atoms with Gasteiger partial charge >= 0.3 is 0 Å². The maximum atomic E-state index is 13.3. The lowest BCUT2D eigenvalue weighted by molar-refractivity contribution is 0.331. The zero-order valence-corrected chi connectivity index (χ0v) is 14.6. The number of thioether (sulfide) groups is 1. The zero-order chi connectivity index (χ0) is 16.7. The zero-order valence-electron chi connectivity index (χ0n) is 13.8.